The lowest BCUT2D eigenvalue weighted by molar-refractivity contribution is -0.297. The summed E-state index contributed by atoms with van der Waals surface area (Å²) in [4.78, 5) is 34.1. The SMILES string of the molecule is CC(C)c1cc(-c2ccc(F)c(F)c2)nn2cc(C(=O)N3CCN(C(=O)[C@H]4C[C@@](O)(C(F)(F)F)C4)CC3(C)C)nc12. The molecule has 3 aromatic rings. The second kappa shape index (κ2) is 9.74. The molecule has 0 atom stereocenters. The van der Waals surface area contributed by atoms with E-state index in [9.17, 15) is 36.6 Å². The highest BCUT2D eigenvalue weighted by molar-refractivity contribution is 5.94. The molecule has 0 unspecified atom stereocenters. The number of rotatable bonds is 4. The van der Waals surface area contributed by atoms with Crippen LogP contribution in [0.15, 0.2) is 30.5 Å². The van der Waals surface area contributed by atoms with Crippen LogP contribution in [0.1, 0.15) is 62.5 Å². The molecule has 8 nitrogen and oxygen atoms in total. The van der Waals surface area contributed by atoms with Crippen molar-refractivity contribution >= 4 is 17.5 Å². The van der Waals surface area contributed by atoms with Gasteiger partial charge >= 0.3 is 6.18 Å². The molecule has 0 bridgehead atoms. The molecule has 0 spiro atoms. The number of hydrogen-bond acceptors (Lipinski definition) is 5. The highest BCUT2D eigenvalue weighted by Crippen LogP contribution is 2.49. The molecule has 5 rings (SSSR count). The Hall–Kier alpha value is -3.61. The monoisotopic (exact) mass is 579 g/mol. The first-order chi connectivity index (χ1) is 19.0. The van der Waals surface area contributed by atoms with E-state index < -0.39 is 59.5 Å². The molecule has 2 fully saturated rings. The van der Waals surface area contributed by atoms with Gasteiger partial charge in [0.1, 0.15) is 5.69 Å². The van der Waals surface area contributed by atoms with Gasteiger partial charge in [0.15, 0.2) is 22.9 Å². The first kappa shape index (κ1) is 28.9. The Kier molecular flexibility index (Phi) is 6.87. The van der Waals surface area contributed by atoms with Crippen LogP contribution in [0.25, 0.3) is 16.9 Å². The molecule has 1 saturated carbocycles. The molecule has 2 aliphatic rings. The van der Waals surface area contributed by atoms with Crippen molar-refractivity contribution in [3.63, 3.8) is 0 Å². The number of carbonyl (C=O) groups excluding carboxylic acids is 2. The number of benzene rings is 1. The molecule has 220 valence electrons. The van der Waals surface area contributed by atoms with Gasteiger partial charge in [-0.05, 0) is 56.9 Å². The number of aromatic nitrogens is 3. The highest BCUT2D eigenvalue weighted by Gasteiger charge is 2.63. The van der Waals surface area contributed by atoms with Gasteiger partial charge in [-0.25, -0.2) is 18.3 Å². The fourth-order valence-electron chi connectivity index (χ4n) is 5.60. The Morgan fingerprint density at radius 1 is 1.07 bits per heavy atom. The van der Waals surface area contributed by atoms with Crippen molar-refractivity contribution in [2.24, 2.45) is 5.92 Å². The van der Waals surface area contributed by atoms with Crippen molar-refractivity contribution in [3.8, 4) is 11.3 Å². The van der Waals surface area contributed by atoms with E-state index in [1.807, 2.05) is 13.8 Å². The number of amides is 2. The van der Waals surface area contributed by atoms with E-state index >= 15 is 0 Å². The Bertz CT molecular complexity index is 1530. The number of halogens is 5. The second-order valence-electron chi connectivity index (χ2n) is 11.8. The first-order valence-corrected chi connectivity index (χ1v) is 13.3. The van der Waals surface area contributed by atoms with E-state index in [1.165, 1.54) is 21.7 Å². The third-order valence-electron chi connectivity index (χ3n) is 8.01. The van der Waals surface area contributed by atoms with Crippen LogP contribution < -0.4 is 0 Å². The highest BCUT2D eigenvalue weighted by atomic mass is 19.4. The van der Waals surface area contributed by atoms with E-state index in [-0.39, 0.29) is 31.2 Å². The minimum atomic E-state index is -4.79. The van der Waals surface area contributed by atoms with Gasteiger partial charge in [0.2, 0.25) is 5.91 Å². The van der Waals surface area contributed by atoms with Gasteiger partial charge < -0.3 is 14.9 Å². The van der Waals surface area contributed by atoms with Gasteiger partial charge in [0.05, 0.1) is 17.4 Å². The Labute approximate surface area is 232 Å². The number of aliphatic hydroxyl groups is 1. The number of imidazole rings is 1. The average molecular weight is 580 g/mol. The van der Waals surface area contributed by atoms with Crippen LogP contribution in [0.2, 0.25) is 0 Å². The van der Waals surface area contributed by atoms with Gasteiger partial charge in [0, 0.05) is 36.7 Å². The summed E-state index contributed by atoms with van der Waals surface area (Å²) in [7, 11) is 0. The number of piperazine rings is 1. The lowest BCUT2D eigenvalue weighted by atomic mass is 9.69. The zero-order valence-corrected chi connectivity index (χ0v) is 23.0. The van der Waals surface area contributed by atoms with Crippen molar-refractivity contribution in [1.82, 2.24) is 24.4 Å². The van der Waals surface area contributed by atoms with E-state index in [0.717, 1.165) is 17.7 Å². The molecule has 2 aromatic heterocycles. The number of hydrogen-bond donors (Lipinski definition) is 1. The van der Waals surface area contributed by atoms with E-state index in [1.54, 1.807) is 24.8 Å². The third-order valence-corrected chi connectivity index (χ3v) is 8.01. The minimum absolute atomic E-state index is 0.0394. The van der Waals surface area contributed by atoms with Gasteiger partial charge in [0.25, 0.3) is 5.91 Å². The molecule has 13 heteroatoms. The predicted molar refractivity (Wildman–Crippen MR) is 138 cm³/mol. The Morgan fingerprint density at radius 3 is 2.34 bits per heavy atom. The summed E-state index contributed by atoms with van der Waals surface area (Å²) in [6, 6.07) is 5.20. The molecule has 2 amide bonds. The van der Waals surface area contributed by atoms with E-state index in [0.29, 0.717) is 16.9 Å². The number of carbonyl (C=O) groups is 2. The smallest absolute Gasteiger partial charge is 0.380 e. The maximum absolute atomic E-state index is 13.9. The molecule has 1 N–H and O–H groups in total. The van der Waals surface area contributed by atoms with Gasteiger partial charge in [-0.3, -0.25) is 9.59 Å². The number of fused-ring (bicyclic) bond motifs is 1. The molecule has 1 aliphatic heterocycles. The van der Waals surface area contributed by atoms with Crippen molar-refractivity contribution in [2.45, 2.75) is 63.8 Å². The normalized spacial score (nSPS) is 22.8. The van der Waals surface area contributed by atoms with Crippen LogP contribution in [0.3, 0.4) is 0 Å². The number of alkyl halides is 3. The first-order valence-electron chi connectivity index (χ1n) is 13.3. The molecular formula is C28H30F5N5O3. The Balaban J connectivity index is 1.37. The fourth-order valence-corrected chi connectivity index (χ4v) is 5.60. The zero-order chi connectivity index (χ0) is 30.1. The summed E-state index contributed by atoms with van der Waals surface area (Å²) < 4.78 is 67.9. The molecule has 0 radical (unpaired) electrons. The van der Waals surface area contributed by atoms with Crippen LogP contribution >= 0.6 is 0 Å². The topological polar surface area (TPSA) is 91.0 Å². The van der Waals surface area contributed by atoms with Crippen molar-refractivity contribution in [1.29, 1.82) is 0 Å². The molecule has 1 aromatic carbocycles. The van der Waals surface area contributed by atoms with E-state index in [4.69, 9.17) is 0 Å². The fraction of sp³-hybridized carbons (Fsp3) is 0.500. The van der Waals surface area contributed by atoms with Gasteiger partial charge in [-0.1, -0.05) is 13.8 Å². The quantitative estimate of drug-likeness (QED) is 0.458. The zero-order valence-electron chi connectivity index (χ0n) is 23.0. The largest absolute Gasteiger partial charge is 0.417 e. The van der Waals surface area contributed by atoms with Crippen molar-refractivity contribution in [2.75, 3.05) is 19.6 Å². The van der Waals surface area contributed by atoms with Gasteiger partial charge in [-0.15, -0.1) is 0 Å². The summed E-state index contributed by atoms with van der Waals surface area (Å²) in [5, 5.41) is 14.2. The number of nitrogens with zero attached hydrogens (tertiary/aromatic N) is 5. The summed E-state index contributed by atoms with van der Waals surface area (Å²) >= 11 is 0. The maximum atomic E-state index is 13.9. The summed E-state index contributed by atoms with van der Waals surface area (Å²) in [5.74, 6) is -3.83. The van der Waals surface area contributed by atoms with E-state index in [2.05, 4.69) is 10.1 Å². The molecule has 41 heavy (non-hydrogen) atoms. The summed E-state index contributed by atoms with van der Waals surface area (Å²) in [5.41, 5.74) is -1.69. The second-order valence-corrected chi connectivity index (χ2v) is 11.8. The molecule has 1 aliphatic carbocycles. The van der Waals surface area contributed by atoms with Gasteiger partial charge in [-0.2, -0.15) is 18.3 Å². The standard InChI is InChI=1S/C28H30F5N5O3/c1-15(2)18-10-21(16-5-6-19(29)20(30)9-16)35-38-13-22(34-23(18)38)25(40)37-8-7-36(14-26(37,3)4)24(39)17-11-27(41,12-17)28(31,32)33/h5-6,9-10,13,15,17,41H,7-8,11-12,14H2,1-4H3/t17-,27-. The lowest BCUT2D eigenvalue weighted by Crippen LogP contribution is -2.65. The maximum Gasteiger partial charge on any atom is 0.417 e. The lowest BCUT2D eigenvalue weighted by Gasteiger charge is -2.50. The van der Waals surface area contributed by atoms with Crippen LogP contribution in [-0.2, 0) is 4.79 Å². The molecule has 1 saturated heterocycles. The van der Waals surface area contributed by atoms with Crippen LogP contribution in [0.4, 0.5) is 22.0 Å². The minimum Gasteiger partial charge on any atom is -0.380 e. The van der Waals surface area contributed by atoms with Crippen LogP contribution in [0, 0.1) is 17.6 Å². The summed E-state index contributed by atoms with van der Waals surface area (Å²) in [6.07, 6.45) is -4.67. The molecule has 3 heterocycles. The van der Waals surface area contributed by atoms with Crippen LogP contribution in [0.5, 0.6) is 0 Å². The summed E-state index contributed by atoms with van der Waals surface area (Å²) in [6.45, 7) is 7.72. The predicted octanol–water partition coefficient (Wildman–Crippen LogP) is 4.56. The van der Waals surface area contributed by atoms with Crippen molar-refractivity contribution < 1.29 is 36.6 Å². The van der Waals surface area contributed by atoms with Crippen LogP contribution in [-0.4, -0.2) is 78.3 Å². The Morgan fingerprint density at radius 2 is 1.76 bits per heavy atom. The average Bonchev–Trinajstić information content (AvgIpc) is 3.30. The third kappa shape index (κ3) is 5.04. The molecular weight excluding hydrogens is 549 g/mol. The van der Waals surface area contributed by atoms with Crippen molar-refractivity contribution in [3.05, 3.63) is 53.4 Å².